The van der Waals surface area contributed by atoms with Crippen LogP contribution in [0.15, 0.2) is 47.1 Å². The van der Waals surface area contributed by atoms with E-state index in [2.05, 4.69) is 11.4 Å². The Hall–Kier alpha value is -3.11. The molecule has 0 saturated carbocycles. The topological polar surface area (TPSA) is 90.8 Å². The first-order valence-corrected chi connectivity index (χ1v) is 8.58. The van der Waals surface area contributed by atoms with Gasteiger partial charge in [0.15, 0.2) is 12.3 Å². The van der Waals surface area contributed by atoms with Crippen LogP contribution >= 0.6 is 0 Å². The zero-order valence-electron chi connectivity index (χ0n) is 14.4. The molecular weight excluding hydrogens is 332 g/mol. The highest BCUT2D eigenvalue weighted by molar-refractivity contribution is 5.92. The second kappa shape index (κ2) is 8.32. The molecule has 134 valence electrons. The van der Waals surface area contributed by atoms with Crippen LogP contribution in [0.4, 0.5) is 5.69 Å². The molecule has 2 heterocycles. The lowest BCUT2D eigenvalue weighted by molar-refractivity contribution is -0.895. The summed E-state index contributed by atoms with van der Waals surface area (Å²) in [5.74, 6) is 0.195. The van der Waals surface area contributed by atoms with E-state index in [1.807, 2.05) is 12.1 Å². The molecule has 0 spiro atoms. The van der Waals surface area contributed by atoms with E-state index in [4.69, 9.17) is 9.68 Å². The van der Waals surface area contributed by atoms with Crippen molar-refractivity contribution in [1.82, 2.24) is 4.90 Å². The quantitative estimate of drug-likeness (QED) is 0.810. The van der Waals surface area contributed by atoms with Gasteiger partial charge >= 0.3 is 0 Å². The normalized spacial score (nSPS) is 14.7. The van der Waals surface area contributed by atoms with Crippen molar-refractivity contribution in [3.05, 3.63) is 54.0 Å². The molecule has 0 unspecified atom stereocenters. The summed E-state index contributed by atoms with van der Waals surface area (Å²) in [5, 5.41) is 11.5. The van der Waals surface area contributed by atoms with Crippen molar-refractivity contribution in [1.29, 1.82) is 5.26 Å². The molecule has 0 aliphatic carbocycles. The van der Waals surface area contributed by atoms with Crippen molar-refractivity contribution in [2.45, 2.75) is 6.42 Å². The van der Waals surface area contributed by atoms with Crippen LogP contribution in [0.1, 0.15) is 16.1 Å². The molecule has 1 aliphatic rings. The van der Waals surface area contributed by atoms with Gasteiger partial charge in [0.05, 0.1) is 44.9 Å². The molecule has 3 rings (SSSR count). The van der Waals surface area contributed by atoms with E-state index in [1.165, 1.54) is 6.26 Å². The summed E-state index contributed by atoms with van der Waals surface area (Å²) >= 11 is 0. The first-order valence-electron chi connectivity index (χ1n) is 8.58. The molecule has 2 aromatic rings. The van der Waals surface area contributed by atoms with E-state index in [9.17, 15) is 9.59 Å². The molecule has 2 amide bonds. The Balaban J connectivity index is 1.44. The number of piperazine rings is 1. The molecule has 1 saturated heterocycles. The summed E-state index contributed by atoms with van der Waals surface area (Å²) in [7, 11) is 0. The van der Waals surface area contributed by atoms with Gasteiger partial charge in [-0.25, -0.2) is 0 Å². The van der Waals surface area contributed by atoms with Crippen LogP contribution in [0.5, 0.6) is 0 Å². The minimum absolute atomic E-state index is 0.0566. The number of hydrogen-bond donors (Lipinski definition) is 2. The molecular formula is C19H21N4O3+. The fourth-order valence-electron chi connectivity index (χ4n) is 2.99. The number of nitriles is 1. The zero-order chi connectivity index (χ0) is 18.4. The molecule has 0 radical (unpaired) electrons. The summed E-state index contributed by atoms with van der Waals surface area (Å²) in [6.45, 7) is 3.01. The molecule has 2 N–H and O–H groups in total. The Bertz CT molecular complexity index is 785. The Morgan fingerprint density at radius 2 is 1.92 bits per heavy atom. The lowest BCUT2D eigenvalue weighted by Crippen LogP contribution is -3.15. The van der Waals surface area contributed by atoms with Crippen LogP contribution < -0.4 is 10.2 Å². The molecule has 0 atom stereocenters. The Morgan fingerprint density at radius 3 is 2.54 bits per heavy atom. The van der Waals surface area contributed by atoms with Gasteiger partial charge in [-0.2, -0.15) is 5.26 Å². The summed E-state index contributed by atoms with van der Waals surface area (Å²) in [6, 6.07) is 12.7. The van der Waals surface area contributed by atoms with Gasteiger partial charge in [0.2, 0.25) is 0 Å². The third-order valence-electron chi connectivity index (χ3n) is 4.42. The smallest absolute Gasteiger partial charge is 0.289 e. The van der Waals surface area contributed by atoms with Gasteiger partial charge in [0.1, 0.15) is 0 Å². The van der Waals surface area contributed by atoms with Crippen LogP contribution in [0.2, 0.25) is 0 Å². The van der Waals surface area contributed by atoms with Crippen molar-refractivity contribution in [2.24, 2.45) is 0 Å². The van der Waals surface area contributed by atoms with E-state index in [0.29, 0.717) is 31.8 Å². The number of anilines is 1. The predicted octanol–water partition coefficient (Wildman–Crippen LogP) is 0.325. The monoisotopic (exact) mass is 353 g/mol. The number of nitrogens with one attached hydrogen (secondary N) is 2. The second-order valence-electron chi connectivity index (χ2n) is 6.28. The van der Waals surface area contributed by atoms with Gasteiger partial charge in [0.25, 0.3) is 11.8 Å². The molecule has 1 aromatic heterocycles. The molecule has 1 aromatic carbocycles. The van der Waals surface area contributed by atoms with Crippen molar-refractivity contribution >= 4 is 17.5 Å². The number of benzene rings is 1. The fraction of sp³-hybridized carbons (Fsp3) is 0.316. The van der Waals surface area contributed by atoms with Gasteiger partial charge in [0, 0.05) is 5.69 Å². The zero-order valence-corrected chi connectivity index (χ0v) is 14.4. The van der Waals surface area contributed by atoms with Crippen LogP contribution in [0.3, 0.4) is 0 Å². The summed E-state index contributed by atoms with van der Waals surface area (Å²) in [6.07, 6.45) is 1.85. The van der Waals surface area contributed by atoms with E-state index in [1.54, 1.807) is 29.2 Å². The molecule has 0 bridgehead atoms. The number of carbonyl (C=O) groups excluding carboxylic acids is 2. The third-order valence-corrected chi connectivity index (χ3v) is 4.42. The average Bonchev–Trinajstić information content (AvgIpc) is 3.18. The van der Waals surface area contributed by atoms with E-state index in [-0.39, 0.29) is 11.8 Å². The van der Waals surface area contributed by atoms with Crippen molar-refractivity contribution in [2.75, 3.05) is 38.0 Å². The van der Waals surface area contributed by atoms with Gasteiger partial charge in [-0.15, -0.1) is 0 Å². The number of furan rings is 1. The summed E-state index contributed by atoms with van der Waals surface area (Å²) in [5.41, 5.74) is 1.65. The molecule has 26 heavy (non-hydrogen) atoms. The van der Waals surface area contributed by atoms with Crippen LogP contribution in [-0.2, 0) is 11.2 Å². The van der Waals surface area contributed by atoms with Crippen molar-refractivity contribution < 1.29 is 18.9 Å². The summed E-state index contributed by atoms with van der Waals surface area (Å²) < 4.78 is 5.15. The van der Waals surface area contributed by atoms with E-state index in [0.717, 1.165) is 29.2 Å². The first-order chi connectivity index (χ1) is 12.7. The highest BCUT2D eigenvalue weighted by Crippen LogP contribution is 2.09. The number of amides is 2. The molecule has 7 heteroatoms. The Labute approximate surface area is 151 Å². The van der Waals surface area contributed by atoms with E-state index >= 15 is 0 Å². The maximum Gasteiger partial charge on any atom is 0.289 e. The van der Waals surface area contributed by atoms with Crippen LogP contribution in [-0.4, -0.2) is 49.4 Å². The van der Waals surface area contributed by atoms with Crippen molar-refractivity contribution in [3.63, 3.8) is 0 Å². The first kappa shape index (κ1) is 17.7. The summed E-state index contributed by atoms with van der Waals surface area (Å²) in [4.78, 5) is 27.3. The fourth-order valence-corrected chi connectivity index (χ4v) is 2.99. The number of rotatable bonds is 5. The van der Waals surface area contributed by atoms with Gasteiger partial charge in [-0.3, -0.25) is 9.59 Å². The number of quaternary nitrogens is 1. The standard InChI is InChI=1S/C19H20N4O3/c20-8-7-15-3-5-16(6-4-15)21-18(24)14-22-9-11-23(12-10-22)19(25)17-2-1-13-26-17/h1-6,13H,7,9-12,14H2,(H,21,24)/p+1. The van der Waals surface area contributed by atoms with Gasteiger partial charge < -0.3 is 19.5 Å². The molecule has 7 nitrogen and oxygen atoms in total. The minimum atomic E-state index is -0.101. The van der Waals surface area contributed by atoms with Crippen molar-refractivity contribution in [3.8, 4) is 6.07 Å². The van der Waals surface area contributed by atoms with Crippen LogP contribution in [0, 0.1) is 11.3 Å². The SMILES string of the molecule is N#CCc1ccc(NC(=O)C[NH+]2CCN(C(=O)c3ccco3)CC2)cc1. The minimum Gasteiger partial charge on any atom is -0.459 e. The lowest BCUT2D eigenvalue weighted by atomic mass is 10.1. The van der Waals surface area contributed by atoms with E-state index < -0.39 is 0 Å². The highest BCUT2D eigenvalue weighted by atomic mass is 16.3. The second-order valence-corrected chi connectivity index (χ2v) is 6.28. The maximum absolute atomic E-state index is 12.2. The number of nitrogens with zero attached hydrogens (tertiary/aromatic N) is 2. The number of hydrogen-bond acceptors (Lipinski definition) is 4. The average molecular weight is 353 g/mol. The molecule has 1 aliphatic heterocycles. The maximum atomic E-state index is 12.2. The third kappa shape index (κ3) is 4.49. The highest BCUT2D eigenvalue weighted by Gasteiger charge is 2.27. The molecule has 1 fully saturated rings. The number of carbonyl (C=O) groups is 2. The largest absolute Gasteiger partial charge is 0.459 e. The van der Waals surface area contributed by atoms with Gasteiger partial charge in [-0.1, -0.05) is 12.1 Å². The Morgan fingerprint density at radius 1 is 1.19 bits per heavy atom. The van der Waals surface area contributed by atoms with Gasteiger partial charge in [-0.05, 0) is 29.8 Å². The predicted molar refractivity (Wildman–Crippen MR) is 94.6 cm³/mol. The lowest BCUT2D eigenvalue weighted by Gasteiger charge is -2.31. The Kier molecular flexibility index (Phi) is 5.66. The van der Waals surface area contributed by atoms with Crippen LogP contribution in [0.25, 0.3) is 0 Å².